The maximum atomic E-state index is 12.6. The van der Waals surface area contributed by atoms with Crippen LogP contribution in [-0.4, -0.2) is 64.5 Å². The van der Waals surface area contributed by atoms with E-state index in [4.69, 9.17) is 4.74 Å². The van der Waals surface area contributed by atoms with Crippen LogP contribution in [0.1, 0.15) is 18.5 Å². The first-order valence-corrected chi connectivity index (χ1v) is 9.57. The zero-order valence-electron chi connectivity index (χ0n) is 15.8. The van der Waals surface area contributed by atoms with Gasteiger partial charge in [0.15, 0.2) is 0 Å². The topological polar surface area (TPSA) is 58.6 Å². The molecule has 2 aliphatic heterocycles. The highest BCUT2D eigenvalue weighted by Gasteiger charge is 2.50. The molecule has 2 aliphatic rings. The van der Waals surface area contributed by atoms with Crippen molar-refractivity contribution in [1.82, 2.24) is 19.8 Å². The fourth-order valence-electron chi connectivity index (χ4n) is 4.17. The average molecular weight is 366 g/mol. The minimum absolute atomic E-state index is 0.0934. The third-order valence-electron chi connectivity index (χ3n) is 5.84. The van der Waals surface area contributed by atoms with Crippen LogP contribution in [-0.2, 0) is 11.2 Å². The molecule has 0 N–H and O–H groups in total. The maximum Gasteiger partial charge on any atom is 0.228 e. The Morgan fingerprint density at radius 2 is 1.96 bits per heavy atom. The molecular weight excluding hydrogens is 340 g/mol. The van der Waals surface area contributed by atoms with Crippen molar-refractivity contribution in [2.75, 3.05) is 33.3 Å². The van der Waals surface area contributed by atoms with E-state index in [0.717, 1.165) is 38.2 Å². The molecule has 2 aromatic heterocycles. The maximum absolute atomic E-state index is 12.6. The highest BCUT2D eigenvalue weighted by molar-refractivity contribution is 5.79. The summed E-state index contributed by atoms with van der Waals surface area (Å²) < 4.78 is 5.88. The molecule has 27 heavy (non-hydrogen) atoms. The van der Waals surface area contributed by atoms with Gasteiger partial charge in [-0.2, -0.15) is 0 Å². The van der Waals surface area contributed by atoms with E-state index in [1.807, 2.05) is 41.3 Å². The molecule has 1 spiro atoms. The largest absolute Gasteiger partial charge is 0.477 e. The summed E-state index contributed by atoms with van der Waals surface area (Å²) in [6.07, 6.45) is 6.05. The van der Waals surface area contributed by atoms with Crippen LogP contribution in [0, 0.1) is 5.92 Å². The Bertz CT molecular complexity index is 762. The van der Waals surface area contributed by atoms with E-state index in [-0.39, 0.29) is 11.4 Å². The van der Waals surface area contributed by atoms with Gasteiger partial charge in [-0.05, 0) is 50.6 Å². The molecule has 0 bridgehead atoms. The van der Waals surface area contributed by atoms with E-state index in [2.05, 4.69) is 21.9 Å². The molecule has 4 rings (SSSR count). The molecule has 142 valence electrons. The quantitative estimate of drug-likeness (QED) is 0.810. The molecule has 0 aliphatic carbocycles. The van der Waals surface area contributed by atoms with Crippen LogP contribution in [0.15, 0.2) is 48.8 Å². The molecule has 1 amide bonds. The molecule has 0 aromatic carbocycles. The lowest BCUT2D eigenvalue weighted by molar-refractivity contribution is -0.149. The van der Waals surface area contributed by atoms with Gasteiger partial charge in [0, 0.05) is 37.2 Å². The number of hydrogen-bond donors (Lipinski definition) is 0. The lowest BCUT2D eigenvalue weighted by atomic mass is 9.75. The summed E-state index contributed by atoms with van der Waals surface area (Å²) in [5.41, 5.74) is 0.929. The number of amides is 1. The van der Waals surface area contributed by atoms with Crippen molar-refractivity contribution in [3.05, 3.63) is 54.5 Å². The molecule has 6 heteroatoms. The highest BCUT2D eigenvalue weighted by atomic mass is 16.5. The van der Waals surface area contributed by atoms with Gasteiger partial charge in [-0.1, -0.05) is 12.1 Å². The molecule has 4 heterocycles. The van der Waals surface area contributed by atoms with Crippen molar-refractivity contribution in [2.24, 2.45) is 5.92 Å². The van der Waals surface area contributed by atoms with Crippen molar-refractivity contribution in [3.8, 4) is 5.88 Å². The van der Waals surface area contributed by atoms with Crippen LogP contribution < -0.4 is 4.74 Å². The molecule has 2 saturated heterocycles. The van der Waals surface area contributed by atoms with Gasteiger partial charge in [-0.25, -0.2) is 4.98 Å². The summed E-state index contributed by atoms with van der Waals surface area (Å²) in [6, 6.07) is 11.4. The van der Waals surface area contributed by atoms with E-state index in [9.17, 15) is 4.79 Å². The highest BCUT2D eigenvalue weighted by Crippen LogP contribution is 2.38. The van der Waals surface area contributed by atoms with Gasteiger partial charge < -0.3 is 9.64 Å². The van der Waals surface area contributed by atoms with Gasteiger partial charge in [-0.15, -0.1) is 0 Å². The smallest absolute Gasteiger partial charge is 0.228 e. The molecule has 0 radical (unpaired) electrons. The summed E-state index contributed by atoms with van der Waals surface area (Å²) in [4.78, 5) is 25.4. The fraction of sp³-hybridized carbons (Fsp3) is 0.476. The van der Waals surface area contributed by atoms with E-state index in [1.165, 1.54) is 0 Å². The molecule has 2 aromatic rings. The number of piperidine rings is 1. The first kappa shape index (κ1) is 17.9. The monoisotopic (exact) mass is 366 g/mol. The van der Waals surface area contributed by atoms with Crippen molar-refractivity contribution >= 4 is 5.91 Å². The Morgan fingerprint density at radius 1 is 1.19 bits per heavy atom. The van der Waals surface area contributed by atoms with Crippen LogP contribution in [0.25, 0.3) is 0 Å². The zero-order valence-corrected chi connectivity index (χ0v) is 15.8. The summed E-state index contributed by atoms with van der Waals surface area (Å²) in [6.45, 7) is 3.33. The lowest BCUT2D eigenvalue weighted by Crippen LogP contribution is -2.72. The first-order chi connectivity index (χ1) is 13.1. The first-order valence-electron chi connectivity index (χ1n) is 9.57. The third-order valence-corrected chi connectivity index (χ3v) is 5.84. The van der Waals surface area contributed by atoms with Crippen LogP contribution in [0.5, 0.6) is 5.88 Å². The predicted octanol–water partition coefficient (Wildman–Crippen LogP) is 2.02. The van der Waals surface area contributed by atoms with Crippen molar-refractivity contribution in [3.63, 3.8) is 0 Å². The normalized spacial score (nSPS) is 21.7. The molecule has 2 fully saturated rings. The van der Waals surface area contributed by atoms with Gasteiger partial charge >= 0.3 is 0 Å². The van der Waals surface area contributed by atoms with Crippen LogP contribution in [0.2, 0.25) is 0 Å². The van der Waals surface area contributed by atoms with E-state index >= 15 is 0 Å². The number of ether oxygens (including phenoxy) is 1. The second-order valence-electron chi connectivity index (χ2n) is 7.73. The van der Waals surface area contributed by atoms with Crippen molar-refractivity contribution in [2.45, 2.75) is 24.8 Å². The Balaban J connectivity index is 1.31. The van der Waals surface area contributed by atoms with Gasteiger partial charge in [0.2, 0.25) is 11.8 Å². The number of carbonyl (C=O) groups excluding carboxylic acids is 1. The van der Waals surface area contributed by atoms with Crippen LogP contribution in [0.4, 0.5) is 0 Å². The molecule has 6 nitrogen and oxygen atoms in total. The number of rotatable bonds is 5. The van der Waals surface area contributed by atoms with Gasteiger partial charge in [0.1, 0.15) is 0 Å². The van der Waals surface area contributed by atoms with E-state index < -0.39 is 0 Å². The van der Waals surface area contributed by atoms with Gasteiger partial charge in [-0.3, -0.25) is 14.7 Å². The summed E-state index contributed by atoms with van der Waals surface area (Å²) in [5, 5.41) is 0. The van der Waals surface area contributed by atoms with Crippen LogP contribution >= 0.6 is 0 Å². The van der Waals surface area contributed by atoms with E-state index in [0.29, 0.717) is 24.8 Å². The summed E-state index contributed by atoms with van der Waals surface area (Å²) in [7, 11) is 2.18. The number of pyridine rings is 2. The summed E-state index contributed by atoms with van der Waals surface area (Å²) >= 11 is 0. The molecule has 0 saturated carbocycles. The minimum Gasteiger partial charge on any atom is -0.477 e. The Morgan fingerprint density at radius 3 is 2.67 bits per heavy atom. The molecule has 1 unspecified atom stereocenters. The average Bonchev–Trinajstić information content (AvgIpc) is 2.67. The van der Waals surface area contributed by atoms with Crippen molar-refractivity contribution in [1.29, 1.82) is 0 Å². The molecular formula is C21H26N4O2. The third kappa shape index (κ3) is 3.95. The fourth-order valence-corrected chi connectivity index (χ4v) is 4.17. The Labute approximate surface area is 160 Å². The Kier molecular flexibility index (Phi) is 5.07. The number of likely N-dealkylation sites (tertiary alicyclic amines) is 2. The molecule has 1 atom stereocenters. The van der Waals surface area contributed by atoms with E-state index in [1.54, 1.807) is 12.4 Å². The SMILES string of the molecule is CN1CCC(COc2ccccn2)CC12CN(C(=O)Cc1ccccn1)C2. The van der Waals surface area contributed by atoms with Crippen LogP contribution in [0.3, 0.4) is 0 Å². The van der Waals surface area contributed by atoms with Crippen molar-refractivity contribution < 1.29 is 9.53 Å². The van der Waals surface area contributed by atoms with Gasteiger partial charge in [0.05, 0.1) is 18.6 Å². The predicted molar refractivity (Wildman–Crippen MR) is 102 cm³/mol. The number of aromatic nitrogens is 2. The number of carbonyl (C=O) groups is 1. The summed E-state index contributed by atoms with van der Waals surface area (Å²) in [5.74, 6) is 1.35. The second-order valence-corrected chi connectivity index (χ2v) is 7.73. The zero-order chi connectivity index (χ0) is 18.7. The minimum atomic E-state index is 0.0934. The second kappa shape index (κ2) is 7.64. The lowest BCUT2D eigenvalue weighted by Gasteiger charge is -2.58. The number of hydrogen-bond acceptors (Lipinski definition) is 5. The number of likely N-dealkylation sites (N-methyl/N-ethyl adjacent to an activating group) is 1. The standard InChI is InChI=1S/C21H26N4O2/c1-24-11-8-17(14-27-19-7-3-5-10-23-19)13-21(24)15-25(16-21)20(26)12-18-6-2-4-9-22-18/h2-7,9-10,17H,8,11-16H2,1H3. The van der Waals surface area contributed by atoms with Gasteiger partial charge in [0.25, 0.3) is 0 Å². The number of nitrogens with zero attached hydrogens (tertiary/aromatic N) is 4. The Hall–Kier alpha value is -2.47.